The van der Waals surface area contributed by atoms with E-state index in [4.69, 9.17) is 11.6 Å². The molecule has 2 heterocycles. The molecular formula is C10H15ClN4O. The molecule has 1 saturated heterocycles. The van der Waals surface area contributed by atoms with Crippen LogP contribution < -0.4 is 15.8 Å². The lowest BCUT2D eigenvalue weighted by atomic mass is 10.1. The highest BCUT2D eigenvalue weighted by Gasteiger charge is 2.25. The Labute approximate surface area is 98.8 Å². The highest BCUT2D eigenvalue weighted by Crippen LogP contribution is 2.25. The number of anilines is 1. The molecule has 0 bridgehead atoms. The van der Waals surface area contributed by atoms with Crippen LogP contribution in [0.3, 0.4) is 0 Å². The van der Waals surface area contributed by atoms with Gasteiger partial charge in [0.2, 0.25) is 0 Å². The monoisotopic (exact) mass is 242 g/mol. The van der Waals surface area contributed by atoms with Crippen LogP contribution >= 0.6 is 11.6 Å². The van der Waals surface area contributed by atoms with E-state index in [2.05, 4.69) is 20.2 Å². The number of H-pyrrole nitrogens is 1. The van der Waals surface area contributed by atoms with E-state index in [0.29, 0.717) is 11.7 Å². The lowest BCUT2D eigenvalue weighted by Gasteiger charge is -2.17. The van der Waals surface area contributed by atoms with E-state index in [1.54, 1.807) is 0 Å². The van der Waals surface area contributed by atoms with Gasteiger partial charge in [0.1, 0.15) is 5.02 Å². The first-order valence-electron chi connectivity index (χ1n) is 5.35. The quantitative estimate of drug-likeness (QED) is 0.809. The van der Waals surface area contributed by atoms with Gasteiger partial charge in [0.25, 0.3) is 5.56 Å². The predicted octanol–water partition coefficient (Wildman–Crippen LogP) is 0.469. The minimum Gasteiger partial charge on any atom is -0.355 e. The molecule has 16 heavy (non-hydrogen) atoms. The number of nitrogens with zero attached hydrogens (tertiary/aromatic N) is 2. The molecule has 1 aromatic heterocycles. The zero-order valence-corrected chi connectivity index (χ0v) is 9.92. The van der Waals surface area contributed by atoms with Crippen LogP contribution in [-0.2, 0) is 0 Å². The highest BCUT2D eigenvalue weighted by molar-refractivity contribution is 6.32. The van der Waals surface area contributed by atoms with E-state index < -0.39 is 0 Å². The van der Waals surface area contributed by atoms with Gasteiger partial charge in [0.15, 0.2) is 5.82 Å². The lowest BCUT2D eigenvalue weighted by Crippen LogP contribution is -2.26. The molecule has 6 heteroatoms. The lowest BCUT2D eigenvalue weighted by molar-refractivity contribution is 0.549. The standard InChI is InChI=1S/C10H15ClN4O/c1-12-4-7-2-3-15(5-7)9-8(11)10(16)14-6-13-9/h6-7,12H,2-5H2,1H3,(H,13,14,16). The Morgan fingerprint density at radius 2 is 2.56 bits per heavy atom. The minimum atomic E-state index is -0.274. The largest absolute Gasteiger partial charge is 0.355 e. The summed E-state index contributed by atoms with van der Waals surface area (Å²) in [5.74, 6) is 1.20. The summed E-state index contributed by atoms with van der Waals surface area (Å²) in [7, 11) is 1.95. The molecule has 0 aliphatic carbocycles. The van der Waals surface area contributed by atoms with Crippen LogP contribution in [0.2, 0.25) is 5.02 Å². The van der Waals surface area contributed by atoms with E-state index in [1.807, 2.05) is 7.05 Å². The average molecular weight is 243 g/mol. The maximum atomic E-state index is 11.3. The van der Waals surface area contributed by atoms with Gasteiger partial charge >= 0.3 is 0 Å². The van der Waals surface area contributed by atoms with E-state index >= 15 is 0 Å². The van der Waals surface area contributed by atoms with Crippen LogP contribution in [0.4, 0.5) is 5.82 Å². The van der Waals surface area contributed by atoms with Crippen molar-refractivity contribution in [3.05, 3.63) is 21.7 Å². The molecule has 0 radical (unpaired) electrons. The van der Waals surface area contributed by atoms with Gasteiger partial charge in [-0.3, -0.25) is 4.79 Å². The fourth-order valence-corrected chi connectivity index (χ4v) is 2.30. The van der Waals surface area contributed by atoms with Crippen LogP contribution in [0.1, 0.15) is 6.42 Å². The molecule has 0 aromatic carbocycles. The highest BCUT2D eigenvalue weighted by atomic mass is 35.5. The zero-order chi connectivity index (χ0) is 11.5. The second-order valence-electron chi connectivity index (χ2n) is 4.03. The Hall–Kier alpha value is -1.07. The van der Waals surface area contributed by atoms with Crippen molar-refractivity contribution in [1.29, 1.82) is 0 Å². The maximum Gasteiger partial charge on any atom is 0.271 e. The SMILES string of the molecule is CNCC1CCN(c2nc[nH]c(=O)c2Cl)C1. The van der Waals surface area contributed by atoms with E-state index in [0.717, 1.165) is 26.1 Å². The first-order valence-corrected chi connectivity index (χ1v) is 5.73. The van der Waals surface area contributed by atoms with Crippen LogP contribution in [0.5, 0.6) is 0 Å². The second-order valence-corrected chi connectivity index (χ2v) is 4.41. The van der Waals surface area contributed by atoms with Crippen LogP contribution in [0, 0.1) is 5.92 Å². The molecule has 0 saturated carbocycles. The molecule has 0 amide bonds. The summed E-state index contributed by atoms with van der Waals surface area (Å²) >= 11 is 5.93. The number of rotatable bonds is 3. The van der Waals surface area contributed by atoms with E-state index in [-0.39, 0.29) is 10.6 Å². The van der Waals surface area contributed by atoms with Crippen molar-refractivity contribution in [3.8, 4) is 0 Å². The van der Waals surface area contributed by atoms with E-state index in [9.17, 15) is 4.79 Å². The van der Waals surface area contributed by atoms with Gasteiger partial charge in [-0.05, 0) is 25.9 Å². The van der Waals surface area contributed by atoms with Gasteiger partial charge in [0, 0.05) is 13.1 Å². The Balaban J connectivity index is 2.14. The zero-order valence-electron chi connectivity index (χ0n) is 9.16. The van der Waals surface area contributed by atoms with Gasteiger partial charge in [-0.15, -0.1) is 0 Å². The number of aromatic nitrogens is 2. The number of hydrogen-bond acceptors (Lipinski definition) is 4. The first kappa shape index (κ1) is 11.4. The summed E-state index contributed by atoms with van der Waals surface area (Å²) in [6.07, 6.45) is 2.50. The summed E-state index contributed by atoms with van der Waals surface area (Å²) < 4.78 is 0. The number of aromatic amines is 1. The Kier molecular flexibility index (Phi) is 3.46. The van der Waals surface area contributed by atoms with Crippen molar-refractivity contribution >= 4 is 17.4 Å². The van der Waals surface area contributed by atoms with Gasteiger partial charge in [-0.1, -0.05) is 11.6 Å². The van der Waals surface area contributed by atoms with Gasteiger partial charge < -0.3 is 15.2 Å². The van der Waals surface area contributed by atoms with Gasteiger partial charge in [-0.25, -0.2) is 4.98 Å². The summed E-state index contributed by atoms with van der Waals surface area (Å²) in [6.45, 7) is 2.79. The number of hydrogen-bond donors (Lipinski definition) is 2. The van der Waals surface area contributed by atoms with Crippen molar-refractivity contribution in [2.24, 2.45) is 5.92 Å². The van der Waals surface area contributed by atoms with Crippen molar-refractivity contribution in [2.45, 2.75) is 6.42 Å². The van der Waals surface area contributed by atoms with Crippen molar-refractivity contribution in [2.75, 3.05) is 31.6 Å². The van der Waals surface area contributed by atoms with Crippen LogP contribution in [0.15, 0.2) is 11.1 Å². The molecule has 0 spiro atoms. The summed E-state index contributed by atoms with van der Waals surface area (Å²) in [6, 6.07) is 0. The van der Waals surface area contributed by atoms with Crippen molar-refractivity contribution in [3.63, 3.8) is 0 Å². The van der Waals surface area contributed by atoms with Crippen LogP contribution in [-0.4, -0.2) is 36.6 Å². The Morgan fingerprint density at radius 3 is 3.31 bits per heavy atom. The molecule has 2 rings (SSSR count). The maximum absolute atomic E-state index is 11.3. The fraction of sp³-hybridized carbons (Fsp3) is 0.600. The second kappa shape index (κ2) is 4.84. The number of halogens is 1. The smallest absolute Gasteiger partial charge is 0.271 e. The number of nitrogens with one attached hydrogen (secondary N) is 2. The Bertz CT molecular complexity index is 420. The molecule has 88 valence electrons. The molecule has 2 N–H and O–H groups in total. The summed E-state index contributed by atoms with van der Waals surface area (Å²) in [4.78, 5) is 20.0. The first-order chi connectivity index (χ1) is 7.72. The Morgan fingerprint density at radius 1 is 1.75 bits per heavy atom. The van der Waals surface area contributed by atoms with Gasteiger partial charge in [-0.2, -0.15) is 0 Å². The van der Waals surface area contributed by atoms with Gasteiger partial charge in [0.05, 0.1) is 6.33 Å². The molecule has 1 aliphatic rings. The topological polar surface area (TPSA) is 61.0 Å². The van der Waals surface area contributed by atoms with Crippen molar-refractivity contribution < 1.29 is 0 Å². The molecule has 1 fully saturated rings. The van der Waals surface area contributed by atoms with Crippen LogP contribution in [0.25, 0.3) is 0 Å². The van der Waals surface area contributed by atoms with Crippen molar-refractivity contribution in [1.82, 2.24) is 15.3 Å². The molecular weight excluding hydrogens is 228 g/mol. The molecule has 5 nitrogen and oxygen atoms in total. The predicted molar refractivity (Wildman–Crippen MR) is 64.1 cm³/mol. The third-order valence-electron chi connectivity index (χ3n) is 2.86. The van der Waals surface area contributed by atoms with E-state index in [1.165, 1.54) is 6.33 Å². The third-order valence-corrected chi connectivity index (χ3v) is 3.20. The molecule has 1 unspecified atom stereocenters. The molecule has 1 aromatic rings. The minimum absolute atomic E-state index is 0.188. The molecule has 1 atom stereocenters. The fourth-order valence-electron chi connectivity index (χ4n) is 2.07. The normalized spacial score (nSPS) is 20.4. The third kappa shape index (κ3) is 2.20. The average Bonchev–Trinajstić information content (AvgIpc) is 2.71. The summed E-state index contributed by atoms with van der Waals surface area (Å²) in [5, 5.41) is 3.35. The summed E-state index contributed by atoms with van der Waals surface area (Å²) in [5.41, 5.74) is -0.274. The molecule has 1 aliphatic heterocycles.